The van der Waals surface area contributed by atoms with Gasteiger partial charge >= 0.3 is 0 Å². The summed E-state index contributed by atoms with van der Waals surface area (Å²) in [6, 6.07) is 0.129. The molecule has 0 saturated carbocycles. The van der Waals surface area contributed by atoms with Crippen LogP contribution in [0.25, 0.3) is 0 Å². The lowest BCUT2D eigenvalue weighted by molar-refractivity contribution is -0.131. The minimum atomic E-state index is -0.0128. The lowest BCUT2D eigenvalue weighted by Crippen LogP contribution is -2.41. The number of likely N-dealkylation sites (N-methyl/N-ethyl adjacent to an activating group) is 1. The van der Waals surface area contributed by atoms with Gasteiger partial charge in [-0.05, 0) is 20.4 Å². The Hall–Kier alpha value is -1.21. The molecule has 0 fully saturated rings. The predicted molar refractivity (Wildman–Crippen MR) is 89.0 cm³/mol. The van der Waals surface area contributed by atoms with Gasteiger partial charge in [-0.25, -0.2) is 0 Å². The smallest absolute Gasteiger partial charge is 0.234 e. The number of nitrogens with two attached hydrogens (primary N) is 1. The fraction of sp³-hybridized carbons (Fsp3) is 0.786. The summed E-state index contributed by atoms with van der Waals surface area (Å²) in [5, 5.41) is 2.85. The summed E-state index contributed by atoms with van der Waals surface area (Å²) < 4.78 is 0. The van der Waals surface area contributed by atoms with Gasteiger partial charge < -0.3 is 16.0 Å². The molecule has 3 N–H and O–H groups in total. The summed E-state index contributed by atoms with van der Waals surface area (Å²) in [5.41, 5.74) is 5.42. The monoisotopic (exact) mass is 316 g/mol. The second-order valence-corrected chi connectivity index (χ2v) is 5.90. The summed E-state index contributed by atoms with van der Waals surface area (Å²) >= 11 is 4.79. The Morgan fingerprint density at radius 3 is 2.33 bits per heavy atom. The molecule has 0 aromatic rings. The number of thiocarbonyl (C=S) groups is 1. The molecule has 0 aromatic heterocycles. The van der Waals surface area contributed by atoms with Crippen molar-refractivity contribution in [1.29, 1.82) is 0 Å². The number of rotatable bonds is 10. The van der Waals surface area contributed by atoms with Crippen molar-refractivity contribution < 1.29 is 9.59 Å². The molecule has 0 radical (unpaired) electrons. The zero-order valence-corrected chi connectivity index (χ0v) is 14.3. The zero-order valence-electron chi connectivity index (χ0n) is 13.5. The second-order valence-electron chi connectivity index (χ2n) is 5.37. The summed E-state index contributed by atoms with van der Waals surface area (Å²) in [4.78, 5) is 27.7. The van der Waals surface area contributed by atoms with E-state index in [1.165, 1.54) is 0 Å². The van der Waals surface area contributed by atoms with E-state index in [1.54, 1.807) is 11.9 Å². The van der Waals surface area contributed by atoms with Crippen molar-refractivity contribution in [3.63, 3.8) is 0 Å². The minimum absolute atomic E-state index is 0.0128. The maximum absolute atomic E-state index is 12.0. The predicted octanol–water partition coefficient (Wildman–Crippen LogP) is 0.358. The maximum Gasteiger partial charge on any atom is 0.234 e. The highest BCUT2D eigenvalue weighted by Crippen LogP contribution is 1.98. The summed E-state index contributed by atoms with van der Waals surface area (Å²) in [6.45, 7) is 7.98. The average Bonchev–Trinajstić information content (AvgIpc) is 2.39. The molecule has 0 rings (SSSR count). The van der Waals surface area contributed by atoms with Crippen molar-refractivity contribution in [3.8, 4) is 0 Å². The zero-order chi connectivity index (χ0) is 16.4. The highest BCUT2D eigenvalue weighted by molar-refractivity contribution is 7.80. The van der Waals surface area contributed by atoms with E-state index in [0.29, 0.717) is 37.5 Å². The van der Waals surface area contributed by atoms with Crippen LogP contribution in [0.3, 0.4) is 0 Å². The number of nitrogens with one attached hydrogen (secondary N) is 1. The molecule has 0 bridgehead atoms. The van der Waals surface area contributed by atoms with Gasteiger partial charge in [0.25, 0.3) is 0 Å². The quantitative estimate of drug-likeness (QED) is 0.569. The summed E-state index contributed by atoms with van der Waals surface area (Å²) in [6.07, 6.45) is 0.919. The third-order valence-corrected chi connectivity index (χ3v) is 3.23. The minimum Gasteiger partial charge on any atom is -0.393 e. The first-order chi connectivity index (χ1) is 9.76. The first-order valence-corrected chi connectivity index (χ1v) is 7.71. The Bertz CT molecular complexity index is 361. The lowest BCUT2D eigenvalue weighted by Gasteiger charge is -2.22. The SMILES string of the molecule is CCN(CCC(=O)N(C)CCC(N)=S)CC(=O)NC(C)C. The summed E-state index contributed by atoms with van der Waals surface area (Å²) in [5.74, 6) is 0.0232. The Morgan fingerprint density at radius 2 is 1.86 bits per heavy atom. The Morgan fingerprint density at radius 1 is 1.24 bits per heavy atom. The Labute approximate surface area is 133 Å². The number of hydrogen-bond donors (Lipinski definition) is 2. The lowest BCUT2D eigenvalue weighted by atomic mass is 10.3. The molecule has 122 valence electrons. The Balaban J connectivity index is 4.11. The van der Waals surface area contributed by atoms with Crippen LogP contribution in [-0.4, -0.2) is 65.9 Å². The van der Waals surface area contributed by atoms with Gasteiger partial charge in [0.2, 0.25) is 11.8 Å². The van der Waals surface area contributed by atoms with Gasteiger partial charge in [-0.1, -0.05) is 19.1 Å². The van der Waals surface area contributed by atoms with Crippen molar-refractivity contribution in [2.75, 3.05) is 33.2 Å². The molecule has 0 aliphatic rings. The normalized spacial score (nSPS) is 10.8. The fourth-order valence-electron chi connectivity index (χ4n) is 1.77. The van der Waals surface area contributed by atoms with Crippen LogP contribution in [-0.2, 0) is 9.59 Å². The van der Waals surface area contributed by atoms with E-state index in [2.05, 4.69) is 5.32 Å². The first-order valence-electron chi connectivity index (χ1n) is 7.30. The van der Waals surface area contributed by atoms with Crippen LogP contribution in [0.15, 0.2) is 0 Å². The van der Waals surface area contributed by atoms with Crippen molar-refractivity contribution in [1.82, 2.24) is 15.1 Å². The van der Waals surface area contributed by atoms with E-state index in [1.807, 2.05) is 25.7 Å². The van der Waals surface area contributed by atoms with Crippen LogP contribution in [0.1, 0.15) is 33.6 Å². The molecular weight excluding hydrogens is 288 g/mol. The van der Waals surface area contributed by atoms with E-state index in [0.717, 1.165) is 6.54 Å². The van der Waals surface area contributed by atoms with Crippen molar-refractivity contribution in [2.45, 2.75) is 39.7 Å². The molecule has 7 heteroatoms. The van der Waals surface area contributed by atoms with Crippen LogP contribution in [0.2, 0.25) is 0 Å². The highest BCUT2D eigenvalue weighted by Gasteiger charge is 2.14. The number of carbonyl (C=O) groups excluding carboxylic acids is 2. The largest absolute Gasteiger partial charge is 0.393 e. The molecule has 0 spiro atoms. The fourth-order valence-corrected chi connectivity index (χ4v) is 1.86. The maximum atomic E-state index is 12.0. The number of hydrogen-bond acceptors (Lipinski definition) is 4. The topological polar surface area (TPSA) is 78.7 Å². The molecule has 0 aliphatic heterocycles. The van der Waals surface area contributed by atoms with Gasteiger partial charge in [0, 0.05) is 39.0 Å². The van der Waals surface area contributed by atoms with Crippen LogP contribution in [0.5, 0.6) is 0 Å². The van der Waals surface area contributed by atoms with Crippen LogP contribution in [0.4, 0.5) is 0 Å². The van der Waals surface area contributed by atoms with E-state index in [9.17, 15) is 9.59 Å². The van der Waals surface area contributed by atoms with Gasteiger partial charge in [0.15, 0.2) is 0 Å². The van der Waals surface area contributed by atoms with Crippen molar-refractivity contribution >= 4 is 29.0 Å². The number of amides is 2. The molecule has 0 atom stereocenters. The van der Waals surface area contributed by atoms with E-state index < -0.39 is 0 Å². The molecule has 0 heterocycles. The molecule has 0 saturated heterocycles. The summed E-state index contributed by atoms with van der Waals surface area (Å²) in [7, 11) is 1.74. The molecule has 2 amide bonds. The van der Waals surface area contributed by atoms with Gasteiger partial charge in [-0.2, -0.15) is 0 Å². The van der Waals surface area contributed by atoms with E-state index >= 15 is 0 Å². The van der Waals surface area contributed by atoms with Gasteiger partial charge in [0.05, 0.1) is 11.5 Å². The van der Waals surface area contributed by atoms with Crippen molar-refractivity contribution in [3.05, 3.63) is 0 Å². The molecule has 0 aliphatic carbocycles. The molecular formula is C14H28N4O2S. The number of carbonyl (C=O) groups is 2. The van der Waals surface area contributed by atoms with Gasteiger partial charge in [0.1, 0.15) is 0 Å². The second kappa shape index (κ2) is 10.5. The average molecular weight is 316 g/mol. The first kappa shape index (κ1) is 19.8. The van der Waals surface area contributed by atoms with Crippen LogP contribution in [0, 0.1) is 0 Å². The standard InChI is InChI=1S/C14H28N4O2S/c1-5-18(10-13(19)16-11(2)3)9-7-14(20)17(4)8-6-12(15)21/h11H,5-10H2,1-4H3,(H2,15,21)(H,16,19). The molecule has 6 nitrogen and oxygen atoms in total. The van der Waals surface area contributed by atoms with Crippen LogP contribution < -0.4 is 11.1 Å². The van der Waals surface area contributed by atoms with E-state index in [-0.39, 0.29) is 17.9 Å². The van der Waals surface area contributed by atoms with Gasteiger partial charge in [-0.3, -0.25) is 14.5 Å². The molecule has 21 heavy (non-hydrogen) atoms. The third-order valence-electron chi connectivity index (χ3n) is 3.03. The number of nitrogens with zero attached hydrogens (tertiary/aromatic N) is 2. The Kier molecular flexibility index (Phi) is 9.90. The highest BCUT2D eigenvalue weighted by atomic mass is 32.1. The van der Waals surface area contributed by atoms with E-state index in [4.69, 9.17) is 18.0 Å². The third kappa shape index (κ3) is 10.2. The molecule has 0 aromatic carbocycles. The molecule has 0 unspecified atom stereocenters. The van der Waals surface area contributed by atoms with Crippen molar-refractivity contribution in [2.24, 2.45) is 5.73 Å². The van der Waals surface area contributed by atoms with Crippen LogP contribution >= 0.6 is 12.2 Å². The van der Waals surface area contributed by atoms with Gasteiger partial charge in [-0.15, -0.1) is 0 Å².